The second kappa shape index (κ2) is 8.19. The number of pyridine rings is 1. The van der Waals surface area contributed by atoms with Gasteiger partial charge in [0.25, 0.3) is 0 Å². The average Bonchev–Trinajstić information content (AvgIpc) is 2.67. The van der Waals surface area contributed by atoms with Crippen molar-refractivity contribution in [3.63, 3.8) is 0 Å². The third-order valence-electron chi connectivity index (χ3n) is 4.88. The molecule has 4 N–H and O–H groups in total. The summed E-state index contributed by atoms with van der Waals surface area (Å²) in [5.41, 5.74) is 3.05. The van der Waals surface area contributed by atoms with Crippen LogP contribution in [0.2, 0.25) is 0 Å². The van der Waals surface area contributed by atoms with Gasteiger partial charge in [-0.1, -0.05) is 31.2 Å². The number of hydrogen-bond donors (Lipinski definition) is 4. The number of aromatic nitrogens is 1. The van der Waals surface area contributed by atoms with Gasteiger partial charge in [-0.25, -0.2) is 4.98 Å². The molecule has 0 fully saturated rings. The second-order valence-corrected chi connectivity index (χ2v) is 6.91. The number of rotatable bonds is 7. The number of benzene rings is 1. The third kappa shape index (κ3) is 4.32. The summed E-state index contributed by atoms with van der Waals surface area (Å²) in [7, 11) is 0. The topological polar surface area (TPSA) is 86.3 Å². The minimum Gasteiger partial charge on any atom is -0.481 e. The van der Waals surface area contributed by atoms with Crippen LogP contribution in [0.4, 0.5) is 11.5 Å². The summed E-state index contributed by atoms with van der Waals surface area (Å²) in [6, 6.07) is 12.1. The highest BCUT2D eigenvalue weighted by Gasteiger charge is 2.18. The van der Waals surface area contributed by atoms with Crippen molar-refractivity contribution in [1.82, 2.24) is 10.3 Å². The smallest absolute Gasteiger partial charge is 0.310 e. The molecule has 0 saturated carbocycles. The van der Waals surface area contributed by atoms with Crippen molar-refractivity contribution < 1.29 is 9.90 Å². The molecular formula is C20H26N4O2. The highest BCUT2D eigenvalue weighted by molar-refractivity contribution is 5.75. The van der Waals surface area contributed by atoms with Gasteiger partial charge in [0.2, 0.25) is 0 Å². The molecular weight excluding hydrogens is 328 g/mol. The van der Waals surface area contributed by atoms with E-state index in [1.54, 1.807) is 13.1 Å². The van der Waals surface area contributed by atoms with Gasteiger partial charge in [0.15, 0.2) is 0 Å². The van der Waals surface area contributed by atoms with Crippen LogP contribution in [0.3, 0.4) is 0 Å². The SMILES string of the molecule is C[C@H](CNC[C@H]1CNc2cccnc2N1)c1cccc([C@@H](C)C(=O)O)c1. The van der Waals surface area contributed by atoms with Gasteiger partial charge in [-0.3, -0.25) is 4.79 Å². The molecule has 1 aliphatic heterocycles. The first-order valence-electron chi connectivity index (χ1n) is 9.03. The van der Waals surface area contributed by atoms with Crippen LogP contribution in [0.15, 0.2) is 42.6 Å². The van der Waals surface area contributed by atoms with Crippen LogP contribution in [0.25, 0.3) is 0 Å². The number of fused-ring (bicyclic) bond motifs is 1. The number of carboxylic acids is 1. The molecule has 1 aliphatic rings. The van der Waals surface area contributed by atoms with E-state index in [0.717, 1.165) is 42.3 Å². The van der Waals surface area contributed by atoms with Crippen LogP contribution in [0, 0.1) is 0 Å². The maximum Gasteiger partial charge on any atom is 0.310 e. The number of carbonyl (C=O) groups is 1. The Morgan fingerprint density at radius 3 is 2.92 bits per heavy atom. The molecule has 0 unspecified atom stereocenters. The van der Waals surface area contributed by atoms with Gasteiger partial charge in [-0.15, -0.1) is 0 Å². The fourth-order valence-corrected chi connectivity index (χ4v) is 3.13. The molecule has 0 saturated heterocycles. The average molecular weight is 354 g/mol. The number of aliphatic carboxylic acids is 1. The fraction of sp³-hybridized carbons (Fsp3) is 0.400. The summed E-state index contributed by atoms with van der Waals surface area (Å²) >= 11 is 0. The van der Waals surface area contributed by atoms with E-state index in [9.17, 15) is 9.90 Å². The predicted octanol–water partition coefficient (Wildman–Crippen LogP) is 2.87. The Kier molecular flexibility index (Phi) is 5.73. The van der Waals surface area contributed by atoms with Gasteiger partial charge in [-0.05, 0) is 36.1 Å². The number of nitrogens with zero attached hydrogens (tertiary/aromatic N) is 1. The van der Waals surface area contributed by atoms with Crippen LogP contribution in [-0.4, -0.2) is 41.7 Å². The molecule has 2 heterocycles. The van der Waals surface area contributed by atoms with E-state index in [4.69, 9.17) is 0 Å². The first-order chi connectivity index (χ1) is 12.5. The van der Waals surface area contributed by atoms with Crippen molar-refractivity contribution in [3.8, 4) is 0 Å². The lowest BCUT2D eigenvalue weighted by Crippen LogP contribution is -2.42. The molecule has 0 radical (unpaired) electrons. The highest BCUT2D eigenvalue weighted by Crippen LogP contribution is 2.23. The fourth-order valence-electron chi connectivity index (χ4n) is 3.13. The van der Waals surface area contributed by atoms with Crippen LogP contribution in [0.1, 0.15) is 36.8 Å². The predicted molar refractivity (Wildman–Crippen MR) is 104 cm³/mol. The molecule has 0 amide bonds. The Labute approximate surface area is 154 Å². The van der Waals surface area contributed by atoms with Crippen LogP contribution in [0.5, 0.6) is 0 Å². The van der Waals surface area contributed by atoms with Crippen molar-refractivity contribution >= 4 is 17.5 Å². The summed E-state index contributed by atoms with van der Waals surface area (Å²) in [4.78, 5) is 15.5. The van der Waals surface area contributed by atoms with Gasteiger partial charge in [-0.2, -0.15) is 0 Å². The van der Waals surface area contributed by atoms with Crippen LogP contribution < -0.4 is 16.0 Å². The third-order valence-corrected chi connectivity index (χ3v) is 4.88. The summed E-state index contributed by atoms with van der Waals surface area (Å²) in [6.07, 6.45) is 1.79. The van der Waals surface area contributed by atoms with Crippen molar-refractivity contribution in [3.05, 3.63) is 53.7 Å². The van der Waals surface area contributed by atoms with Crippen molar-refractivity contribution in [1.29, 1.82) is 0 Å². The summed E-state index contributed by atoms with van der Waals surface area (Å²) < 4.78 is 0. The molecule has 0 bridgehead atoms. The second-order valence-electron chi connectivity index (χ2n) is 6.91. The van der Waals surface area contributed by atoms with Gasteiger partial charge < -0.3 is 21.1 Å². The minimum atomic E-state index is -0.794. The van der Waals surface area contributed by atoms with E-state index in [2.05, 4.69) is 33.9 Å². The summed E-state index contributed by atoms with van der Waals surface area (Å²) in [6.45, 7) is 6.39. The molecule has 6 heteroatoms. The molecule has 0 aliphatic carbocycles. The number of anilines is 2. The maximum absolute atomic E-state index is 11.2. The lowest BCUT2D eigenvalue weighted by molar-refractivity contribution is -0.138. The maximum atomic E-state index is 11.2. The molecule has 1 aromatic heterocycles. The zero-order chi connectivity index (χ0) is 18.5. The zero-order valence-corrected chi connectivity index (χ0v) is 15.2. The largest absolute Gasteiger partial charge is 0.481 e. The van der Waals surface area contributed by atoms with E-state index in [1.807, 2.05) is 30.3 Å². The van der Waals surface area contributed by atoms with E-state index in [-0.39, 0.29) is 6.04 Å². The Morgan fingerprint density at radius 2 is 2.12 bits per heavy atom. The number of hydrogen-bond acceptors (Lipinski definition) is 5. The number of nitrogens with one attached hydrogen (secondary N) is 3. The van der Waals surface area contributed by atoms with Gasteiger partial charge in [0, 0.05) is 25.8 Å². The van der Waals surface area contributed by atoms with Gasteiger partial charge >= 0.3 is 5.97 Å². The normalized spacial score (nSPS) is 18.2. The lowest BCUT2D eigenvalue weighted by Gasteiger charge is -2.28. The Balaban J connectivity index is 1.51. The first kappa shape index (κ1) is 18.2. The molecule has 3 atom stereocenters. The Morgan fingerprint density at radius 1 is 1.31 bits per heavy atom. The molecule has 26 heavy (non-hydrogen) atoms. The zero-order valence-electron chi connectivity index (χ0n) is 15.2. The number of carboxylic acid groups (broad SMARTS) is 1. The van der Waals surface area contributed by atoms with Crippen molar-refractivity contribution in [2.75, 3.05) is 30.3 Å². The molecule has 0 spiro atoms. The van der Waals surface area contributed by atoms with E-state index >= 15 is 0 Å². The van der Waals surface area contributed by atoms with Gasteiger partial charge in [0.05, 0.1) is 17.6 Å². The van der Waals surface area contributed by atoms with Gasteiger partial charge in [0.1, 0.15) is 5.82 Å². The summed E-state index contributed by atoms with van der Waals surface area (Å²) in [5, 5.41) is 19.5. The molecule has 138 valence electrons. The monoisotopic (exact) mass is 354 g/mol. The van der Waals surface area contributed by atoms with E-state index < -0.39 is 11.9 Å². The van der Waals surface area contributed by atoms with Crippen LogP contribution >= 0.6 is 0 Å². The lowest BCUT2D eigenvalue weighted by atomic mass is 9.94. The minimum absolute atomic E-state index is 0.281. The highest BCUT2D eigenvalue weighted by atomic mass is 16.4. The Hall–Kier alpha value is -2.60. The van der Waals surface area contributed by atoms with Crippen LogP contribution in [-0.2, 0) is 4.79 Å². The first-order valence-corrected chi connectivity index (χ1v) is 9.03. The van der Waals surface area contributed by atoms with Crippen molar-refractivity contribution in [2.45, 2.75) is 31.7 Å². The Bertz CT molecular complexity index is 765. The van der Waals surface area contributed by atoms with E-state index in [0.29, 0.717) is 5.92 Å². The molecule has 1 aromatic carbocycles. The molecule has 2 aromatic rings. The summed E-state index contributed by atoms with van der Waals surface area (Å²) in [5.74, 6) is -0.0789. The molecule has 3 rings (SSSR count). The quantitative estimate of drug-likeness (QED) is 0.612. The van der Waals surface area contributed by atoms with E-state index in [1.165, 1.54) is 0 Å². The van der Waals surface area contributed by atoms with Crippen molar-refractivity contribution in [2.24, 2.45) is 0 Å². The molecule has 6 nitrogen and oxygen atoms in total. The standard InChI is InChI=1S/C20H26N4O2/c1-13(15-5-3-6-16(9-15)14(2)20(25)26)10-21-11-17-12-23-18-7-4-8-22-19(18)24-17/h3-9,13-14,17,21,23H,10-12H2,1-2H3,(H,22,24)(H,25,26)/t13-,14-,17+/m1/s1.